The van der Waals surface area contributed by atoms with E-state index in [0.717, 1.165) is 38.5 Å². The summed E-state index contributed by atoms with van der Waals surface area (Å²) in [6.45, 7) is 4.31. The van der Waals surface area contributed by atoms with Crippen LogP contribution in [0.1, 0.15) is 50.7 Å². The third-order valence-electron chi connectivity index (χ3n) is 4.53. The Morgan fingerprint density at radius 3 is 2.68 bits per heavy atom. The molecule has 1 aliphatic carbocycles. The highest BCUT2D eigenvalue weighted by molar-refractivity contribution is 5.79. The van der Waals surface area contributed by atoms with Crippen molar-refractivity contribution in [2.24, 2.45) is 11.8 Å². The van der Waals surface area contributed by atoms with Gasteiger partial charge in [-0.3, -0.25) is 4.79 Å². The van der Waals surface area contributed by atoms with Crippen LogP contribution in [0.2, 0.25) is 0 Å². The lowest BCUT2D eigenvalue weighted by Gasteiger charge is -2.30. The van der Waals surface area contributed by atoms with E-state index >= 15 is 0 Å². The molecule has 104 valence electrons. The number of carbonyl (C=O) groups excluding carboxylic acids is 1. The second-order valence-electron chi connectivity index (χ2n) is 5.72. The third kappa shape index (κ3) is 3.37. The van der Waals surface area contributed by atoms with Crippen molar-refractivity contribution in [1.82, 2.24) is 0 Å². The second kappa shape index (κ2) is 6.23. The number of phenols is 1. The summed E-state index contributed by atoms with van der Waals surface area (Å²) in [5.41, 5.74) is 2.59. The summed E-state index contributed by atoms with van der Waals surface area (Å²) in [6.07, 6.45) is 5.64. The predicted octanol–water partition coefficient (Wildman–Crippen LogP) is 3.89. The fourth-order valence-electron chi connectivity index (χ4n) is 3.31. The first-order valence-electron chi connectivity index (χ1n) is 7.46. The maximum Gasteiger partial charge on any atom is 0.133 e. The Morgan fingerprint density at radius 2 is 2.00 bits per heavy atom. The number of hydrogen-bond donors (Lipinski definition) is 1. The molecule has 1 aromatic rings. The van der Waals surface area contributed by atoms with Gasteiger partial charge >= 0.3 is 0 Å². The maximum atomic E-state index is 11.6. The average Bonchev–Trinajstić information content (AvgIpc) is 2.42. The molecule has 2 atom stereocenters. The number of phenolic OH excluding ortho intramolecular Hbond substituents is 1. The molecule has 1 aromatic carbocycles. The molecule has 0 heterocycles. The molecule has 0 amide bonds. The van der Waals surface area contributed by atoms with Crippen LogP contribution in [0.3, 0.4) is 0 Å². The standard InChI is InChI=1S/C17H24O2/c1-3-12-10-16(18)7-5-14(12)9-15-6-8-17(19)11-13(15)4-2/h5,7,10,13,15,18H,3-4,6,8-9,11H2,1-2H3. The number of ketones is 1. The van der Waals surface area contributed by atoms with Gasteiger partial charge in [0, 0.05) is 12.8 Å². The Bertz CT molecular complexity index is 451. The number of aryl methyl sites for hydroxylation is 1. The van der Waals surface area contributed by atoms with Gasteiger partial charge in [-0.15, -0.1) is 0 Å². The van der Waals surface area contributed by atoms with E-state index in [1.807, 2.05) is 6.07 Å². The first kappa shape index (κ1) is 14.1. The smallest absolute Gasteiger partial charge is 0.133 e. The molecule has 1 aliphatic rings. The third-order valence-corrected chi connectivity index (χ3v) is 4.53. The van der Waals surface area contributed by atoms with Crippen molar-refractivity contribution in [3.63, 3.8) is 0 Å². The lowest BCUT2D eigenvalue weighted by molar-refractivity contribution is -0.122. The zero-order valence-electron chi connectivity index (χ0n) is 12.0. The monoisotopic (exact) mass is 260 g/mol. The molecule has 1 saturated carbocycles. The highest BCUT2D eigenvalue weighted by Gasteiger charge is 2.28. The Balaban J connectivity index is 2.13. The summed E-state index contributed by atoms with van der Waals surface area (Å²) in [7, 11) is 0. The van der Waals surface area contributed by atoms with Crippen LogP contribution in [0.15, 0.2) is 18.2 Å². The average molecular weight is 260 g/mol. The van der Waals surface area contributed by atoms with Crippen molar-refractivity contribution in [3.8, 4) is 5.75 Å². The van der Waals surface area contributed by atoms with Gasteiger partial charge in [0.15, 0.2) is 0 Å². The largest absolute Gasteiger partial charge is 0.508 e. The molecular formula is C17H24O2. The van der Waals surface area contributed by atoms with Gasteiger partial charge in [-0.05, 0) is 54.4 Å². The summed E-state index contributed by atoms with van der Waals surface area (Å²) in [6, 6.07) is 5.71. The molecule has 1 fully saturated rings. The summed E-state index contributed by atoms with van der Waals surface area (Å²) < 4.78 is 0. The first-order chi connectivity index (χ1) is 9.13. The Hall–Kier alpha value is -1.31. The van der Waals surface area contributed by atoms with Gasteiger partial charge in [-0.1, -0.05) is 26.3 Å². The second-order valence-corrected chi connectivity index (χ2v) is 5.72. The lowest BCUT2D eigenvalue weighted by atomic mass is 9.74. The molecule has 0 aromatic heterocycles. The van der Waals surface area contributed by atoms with Crippen LogP contribution in [-0.4, -0.2) is 10.9 Å². The number of Topliss-reactive ketones (excluding diaryl/α,β-unsaturated/α-hetero) is 1. The van der Waals surface area contributed by atoms with Gasteiger partial charge in [0.25, 0.3) is 0 Å². The van der Waals surface area contributed by atoms with E-state index in [4.69, 9.17) is 0 Å². The zero-order valence-corrected chi connectivity index (χ0v) is 12.0. The molecule has 1 N–H and O–H groups in total. The zero-order chi connectivity index (χ0) is 13.8. The van der Waals surface area contributed by atoms with Crippen LogP contribution in [0, 0.1) is 11.8 Å². The number of rotatable bonds is 4. The highest BCUT2D eigenvalue weighted by atomic mass is 16.3. The molecule has 2 nitrogen and oxygen atoms in total. The van der Waals surface area contributed by atoms with Crippen molar-refractivity contribution in [2.75, 3.05) is 0 Å². The van der Waals surface area contributed by atoms with E-state index in [1.54, 1.807) is 6.07 Å². The molecule has 2 heteroatoms. The van der Waals surface area contributed by atoms with Gasteiger partial charge in [0.1, 0.15) is 11.5 Å². The molecule has 0 aliphatic heterocycles. The van der Waals surface area contributed by atoms with E-state index < -0.39 is 0 Å². The molecular weight excluding hydrogens is 236 g/mol. The summed E-state index contributed by atoms with van der Waals surface area (Å²) >= 11 is 0. The van der Waals surface area contributed by atoms with E-state index in [2.05, 4.69) is 19.9 Å². The van der Waals surface area contributed by atoms with Crippen LogP contribution in [0.25, 0.3) is 0 Å². The topological polar surface area (TPSA) is 37.3 Å². The van der Waals surface area contributed by atoms with Crippen LogP contribution < -0.4 is 0 Å². The molecule has 2 rings (SSSR count). The van der Waals surface area contributed by atoms with E-state index in [0.29, 0.717) is 23.4 Å². The predicted molar refractivity (Wildman–Crippen MR) is 77.3 cm³/mol. The Morgan fingerprint density at radius 1 is 1.21 bits per heavy atom. The van der Waals surface area contributed by atoms with Gasteiger partial charge in [-0.2, -0.15) is 0 Å². The molecule has 0 saturated heterocycles. The van der Waals surface area contributed by atoms with Crippen molar-refractivity contribution in [3.05, 3.63) is 29.3 Å². The lowest BCUT2D eigenvalue weighted by Crippen LogP contribution is -2.26. The van der Waals surface area contributed by atoms with E-state index in [9.17, 15) is 9.90 Å². The summed E-state index contributed by atoms with van der Waals surface area (Å²) in [5, 5.41) is 9.56. The number of carbonyl (C=O) groups is 1. The van der Waals surface area contributed by atoms with Gasteiger partial charge in [0.2, 0.25) is 0 Å². The fourth-order valence-corrected chi connectivity index (χ4v) is 3.31. The van der Waals surface area contributed by atoms with Crippen LogP contribution in [0.5, 0.6) is 5.75 Å². The molecule has 0 bridgehead atoms. The highest BCUT2D eigenvalue weighted by Crippen LogP contribution is 2.34. The Kier molecular flexibility index (Phi) is 4.62. The van der Waals surface area contributed by atoms with E-state index in [1.165, 1.54) is 11.1 Å². The van der Waals surface area contributed by atoms with Crippen molar-refractivity contribution < 1.29 is 9.90 Å². The molecule has 2 unspecified atom stereocenters. The Labute approximate surface area is 115 Å². The van der Waals surface area contributed by atoms with Gasteiger partial charge in [-0.25, -0.2) is 0 Å². The molecule has 19 heavy (non-hydrogen) atoms. The van der Waals surface area contributed by atoms with Crippen molar-refractivity contribution in [1.29, 1.82) is 0 Å². The molecule has 0 spiro atoms. The molecule has 0 radical (unpaired) electrons. The normalized spacial score (nSPS) is 23.6. The number of aromatic hydroxyl groups is 1. The maximum absolute atomic E-state index is 11.6. The number of hydrogen-bond acceptors (Lipinski definition) is 2. The van der Waals surface area contributed by atoms with E-state index in [-0.39, 0.29) is 0 Å². The van der Waals surface area contributed by atoms with Gasteiger partial charge < -0.3 is 5.11 Å². The van der Waals surface area contributed by atoms with Crippen molar-refractivity contribution in [2.45, 2.75) is 52.4 Å². The number of benzene rings is 1. The first-order valence-corrected chi connectivity index (χ1v) is 7.46. The quantitative estimate of drug-likeness (QED) is 0.891. The van der Waals surface area contributed by atoms with Crippen molar-refractivity contribution >= 4 is 5.78 Å². The SMILES string of the molecule is CCc1cc(O)ccc1CC1CCC(=O)CC1CC. The fraction of sp³-hybridized carbons (Fsp3) is 0.588. The van der Waals surface area contributed by atoms with Gasteiger partial charge in [0.05, 0.1) is 0 Å². The van der Waals surface area contributed by atoms with Crippen LogP contribution in [-0.2, 0) is 17.6 Å². The van der Waals surface area contributed by atoms with Crippen LogP contribution in [0.4, 0.5) is 0 Å². The minimum Gasteiger partial charge on any atom is -0.508 e. The summed E-state index contributed by atoms with van der Waals surface area (Å²) in [4.78, 5) is 11.6. The summed E-state index contributed by atoms with van der Waals surface area (Å²) in [5.74, 6) is 1.95. The minimum atomic E-state index is 0.353. The minimum absolute atomic E-state index is 0.353. The van der Waals surface area contributed by atoms with Crippen LogP contribution >= 0.6 is 0 Å².